The van der Waals surface area contributed by atoms with Gasteiger partial charge in [-0.3, -0.25) is 4.79 Å². The summed E-state index contributed by atoms with van der Waals surface area (Å²) in [6, 6.07) is 14.6. The molecule has 2 aromatic rings. The van der Waals surface area contributed by atoms with Gasteiger partial charge in [-0.2, -0.15) is 0 Å². The minimum absolute atomic E-state index is 0.339. The second kappa shape index (κ2) is 5.87. The van der Waals surface area contributed by atoms with Gasteiger partial charge in [0.05, 0.1) is 5.75 Å². The van der Waals surface area contributed by atoms with E-state index in [0.29, 0.717) is 18.0 Å². The zero-order valence-electron chi connectivity index (χ0n) is 9.98. The summed E-state index contributed by atoms with van der Waals surface area (Å²) in [6.45, 7) is 2.04. The zero-order chi connectivity index (χ0) is 12.1. The largest absolute Gasteiger partial charge is 0.299 e. The number of carbonyl (C=O) groups excluding carboxylic acids is 1. The monoisotopic (exact) mass is 244 g/mol. The van der Waals surface area contributed by atoms with Crippen LogP contribution in [0.5, 0.6) is 0 Å². The second-order valence-electron chi connectivity index (χ2n) is 4.09. The minimum atomic E-state index is 0.339. The first-order valence-electron chi connectivity index (χ1n) is 5.93. The van der Waals surface area contributed by atoms with E-state index in [1.165, 1.54) is 15.7 Å². The molecule has 1 nitrogen and oxygen atoms in total. The van der Waals surface area contributed by atoms with Crippen molar-refractivity contribution in [3.63, 3.8) is 0 Å². The van der Waals surface area contributed by atoms with E-state index in [4.69, 9.17) is 0 Å². The average Bonchev–Trinajstić information content (AvgIpc) is 2.36. The van der Waals surface area contributed by atoms with Crippen LogP contribution in [-0.4, -0.2) is 11.5 Å². The second-order valence-corrected chi connectivity index (χ2v) is 5.14. The maximum absolute atomic E-state index is 11.5. The van der Waals surface area contributed by atoms with Crippen molar-refractivity contribution in [3.05, 3.63) is 42.5 Å². The van der Waals surface area contributed by atoms with Crippen LogP contribution in [0.3, 0.4) is 0 Å². The lowest BCUT2D eigenvalue weighted by molar-refractivity contribution is -0.116. The van der Waals surface area contributed by atoms with E-state index < -0.39 is 0 Å². The van der Waals surface area contributed by atoms with E-state index >= 15 is 0 Å². The Balaban J connectivity index is 2.06. The van der Waals surface area contributed by atoms with Gasteiger partial charge >= 0.3 is 0 Å². The SMILES string of the molecule is CCCC(=O)CSc1ccc2ccccc2c1. The molecule has 0 fully saturated rings. The average molecular weight is 244 g/mol. The number of Topliss-reactive ketones (excluding diaryl/α,β-unsaturated/α-hetero) is 1. The van der Waals surface area contributed by atoms with Crippen molar-refractivity contribution in [1.29, 1.82) is 0 Å². The molecule has 0 heterocycles. The molecular formula is C15H16OS. The van der Waals surface area contributed by atoms with Crippen LogP contribution >= 0.6 is 11.8 Å². The summed E-state index contributed by atoms with van der Waals surface area (Å²) >= 11 is 1.63. The number of thioether (sulfide) groups is 1. The predicted octanol–water partition coefficient (Wildman–Crippen LogP) is 4.30. The molecule has 0 atom stereocenters. The van der Waals surface area contributed by atoms with Gasteiger partial charge in [-0.25, -0.2) is 0 Å². The fraction of sp³-hybridized carbons (Fsp3) is 0.267. The maximum Gasteiger partial charge on any atom is 0.143 e. The van der Waals surface area contributed by atoms with Crippen LogP contribution in [0.2, 0.25) is 0 Å². The van der Waals surface area contributed by atoms with Gasteiger partial charge in [0.1, 0.15) is 5.78 Å². The Kier molecular flexibility index (Phi) is 4.21. The van der Waals surface area contributed by atoms with Gasteiger partial charge in [0.15, 0.2) is 0 Å². The van der Waals surface area contributed by atoms with Gasteiger partial charge in [-0.15, -0.1) is 11.8 Å². The third kappa shape index (κ3) is 3.34. The molecule has 0 saturated carbocycles. The van der Waals surface area contributed by atoms with Crippen molar-refractivity contribution >= 4 is 28.3 Å². The summed E-state index contributed by atoms with van der Waals surface area (Å²) in [5, 5.41) is 2.48. The minimum Gasteiger partial charge on any atom is -0.299 e. The molecule has 0 aliphatic carbocycles. The predicted molar refractivity (Wildman–Crippen MR) is 74.6 cm³/mol. The lowest BCUT2D eigenvalue weighted by atomic mass is 10.1. The van der Waals surface area contributed by atoms with Crippen molar-refractivity contribution in [2.75, 3.05) is 5.75 Å². The quantitative estimate of drug-likeness (QED) is 0.729. The van der Waals surface area contributed by atoms with E-state index in [0.717, 1.165) is 6.42 Å². The lowest BCUT2D eigenvalue weighted by Crippen LogP contribution is -1.99. The van der Waals surface area contributed by atoms with Gasteiger partial charge in [-0.1, -0.05) is 37.3 Å². The summed E-state index contributed by atoms with van der Waals surface area (Å²) in [7, 11) is 0. The van der Waals surface area contributed by atoms with Crippen LogP contribution in [0.4, 0.5) is 0 Å². The van der Waals surface area contributed by atoms with Crippen molar-refractivity contribution in [2.24, 2.45) is 0 Å². The van der Waals surface area contributed by atoms with Crippen LogP contribution in [0, 0.1) is 0 Å². The Hall–Kier alpha value is -1.28. The zero-order valence-corrected chi connectivity index (χ0v) is 10.8. The molecule has 0 bridgehead atoms. The number of hydrogen-bond acceptors (Lipinski definition) is 2. The molecule has 0 saturated heterocycles. The summed E-state index contributed by atoms with van der Waals surface area (Å²) in [6.07, 6.45) is 1.64. The Bertz CT molecular complexity index is 519. The number of rotatable bonds is 5. The van der Waals surface area contributed by atoms with E-state index in [2.05, 4.69) is 30.3 Å². The van der Waals surface area contributed by atoms with Gasteiger partial charge in [0.25, 0.3) is 0 Å². The molecule has 2 aromatic carbocycles. The highest BCUT2D eigenvalue weighted by Gasteiger charge is 2.02. The summed E-state index contributed by atoms with van der Waals surface area (Å²) in [4.78, 5) is 12.6. The highest BCUT2D eigenvalue weighted by Crippen LogP contribution is 2.23. The normalized spacial score (nSPS) is 10.6. The molecule has 0 radical (unpaired) electrons. The molecule has 17 heavy (non-hydrogen) atoms. The molecule has 0 unspecified atom stereocenters. The van der Waals surface area contributed by atoms with Crippen LogP contribution in [0.25, 0.3) is 10.8 Å². The number of ketones is 1. The van der Waals surface area contributed by atoms with E-state index in [9.17, 15) is 4.79 Å². The van der Waals surface area contributed by atoms with Gasteiger partial charge < -0.3 is 0 Å². The van der Waals surface area contributed by atoms with Gasteiger partial charge in [0, 0.05) is 11.3 Å². The molecule has 0 spiro atoms. The fourth-order valence-electron chi connectivity index (χ4n) is 1.77. The molecule has 0 N–H and O–H groups in total. The highest BCUT2D eigenvalue weighted by atomic mass is 32.2. The van der Waals surface area contributed by atoms with Crippen LogP contribution < -0.4 is 0 Å². The summed E-state index contributed by atoms with van der Waals surface area (Å²) < 4.78 is 0. The van der Waals surface area contributed by atoms with E-state index in [1.54, 1.807) is 11.8 Å². The lowest BCUT2D eigenvalue weighted by Gasteiger charge is -2.03. The summed E-state index contributed by atoms with van der Waals surface area (Å²) in [5.74, 6) is 0.928. The smallest absolute Gasteiger partial charge is 0.143 e. The van der Waals surface area contributed by atoms with Crippen LogP contribution in [-0.2, 0) is 4.79 Å². The number of fused-ring (bicyclic) bond motifs is 1. The summed E-state index contributed by atoms with van der Waals surface area (Å²) in [5.41, 5.74) is 0. The molecule has 0 aromatic heterocycles. The Morgan fingerprint density at radius 2 is 1.88 bits per heavy atom. The Morgan fingerprint density at radius 3 is 2.65 bits per heavy atom. The number of carbonyl (C=O) groups is 1. The number of benzene rings is 2. The topological polar surface area (TPSA) is 17.1 Å². The van der Waals surface area contributed by atoms with E-state index in [1.807, 2.05) is 19.1 Å². The van der Waals surface area contributed by atoms with Crippen LogP contribution in [0.1, 0.15) is 19.8 Å². The fourth-order valence-corrected chi connectivity index (χ4v) is 2.62. The molecule has 0 aliphatic rings. The molecule has 2 rings (SSSR count). The standard InChI is InChI=1S/C15H16OS/c1-2-5-14(16)11-17-15-9-8-12-6-3-4-7-13(12)10-15/h3-4,6-10H,2,5,11H2,1H3. The van der Waals surface area contributed by atoms with Gasteiger partial charge in [0.2, 0.25) is 0 Å². The van der Waals surface area contributed by atoms with Crippen molar-refractivity contribution in [1.82, 2.24) is 0 Å². The van der Waals surface area contributed by atoms with Gasteiger partial charge in [-0.05, 0) is 29.3 Å². The Labute approximate surface area is 106 Å². The maximum atomic E-state index is 11.5. The third-order valence-electron chi connectivity index (χ3n) is 2.65. The molecular weight excluding hydrogens is 228 g/mol. The molecule has 2 heteroatoms. The number of hydrogen-bond donors (Lipinski definition) is 0. The Morgan fingerprint density at radius 1 is 1.12 bits per heavy atom. The molecule has 0 amide bonds. The van der Waals surface area contributed by atoms with Crippen molar-refractivity contribution in [2.45, 2.75) is 24.7 Å². The van der Waals surface area contributed by atoms with Crippen molar-refractivity contribution in [3.8, 4) is 0 Å². The highest BCUT2D eigenvalue weighted by molar-refractivity contribution is 8.00. The third-order valence-corrected chi connectivity index (χ3v) is 3.70. The molecule has 88 valence electrons. The van der Waals surface area contributed by atoms with E-state index in [-0.39, 0.29) is 0 Å². The molecule has 0 aliphatic heterocycles. The van der Waals surface area contributed by atoms with Crippen LogP contribution in [0.15, 0.2) is 47.4 Å². The first kappa shape index (κ1) is 12.2. The van der Waals surface area contributed by atoms with Crippen molar-refractivity contribution < 1.29 is 4.79 Å². The first-order chi connectivity index (χ1) is 8.29. The first-order valence-corrected chi connectivity index (χ1v) is 6.91.